The minimum Gasteiger partial charge on any atom is -0.495 e. The molecule has 1 saturated heterocycles. The maximum absolute atomic E-state index is 12.8. The minimum atomic E-state index is 0.116. The van der Waals surface area contributed by atoms with E-state index in [1.165, 1.54) is 5.56 Å². The monoisotopic (exact) mass is 394 g/mol. The maximum atomic E-state index is 12.8. The van der Waals surface area contributed by atoms with Gasteiger partial charge >= 0.3 is 0 Å². The molecular weight excluding hydrogens is 364 g/mol. The van der Waals surface area contributed by atoms with Crippen molar-refractivity contribution < 1.29 is 14.3 Å². The zero-order valence-corrected chi connectivity index (χ0v) is 17.3. The summed E-state index contributed by atoms with van der Waals surface area (Å²) < 4.78 is 11.1. The number of rotatable bonds is 7. The van der Waals surface area contributed by atoms with Gasteiger partial charge in [0.15, 0.2) is 0 Å². The number of carbonyl (C=O) groups excluding carboxylic acids is 1. The summed E-state index contributed by atoms with van der Waals surface area (Å²) in [6, 6.07) is 15.9. The van der Waals surface area contributed by atoms with E-state index < -0.39 is 0 Å². The zero-order chi connectivity index (χ0) is 20.3. The van der Waals surface area contributed by atoms with E-state index in [0.717, 1.165) is 50.3 Å². The van der Waals surface area contributed by atoms with Gasteiger partial charge in [0.2, 0.25) is 5.91 Å². The van der Waals surface area contributed by atoms with E-state index in [1.807, 2.05) is 43.3 Å². The van der Waals surface area contributed by atoms with Crippen molar-refractivity contribution in [1.29, 1.82) is 0 Å². The third-order valence-electron chi connectivity index (χ3n) is 6.39. The molecule has 154 valence electrons. The van der Waals surface area contributed by atoms with Crippen LogP contribution in [0.3, 0.4) is 0 Å². The van der Waals surface area contributed by atoms with E-state index in [4.69, 9.17) is 9.47 Å². The first-order chi connectivity index (χ1) is 14.1. The third kappa shape index (κ3) is 4.25. The molecule has 0 bridgehead atoms. The zero-order valence-electron chi connectivity index (χ0n) is 17.3. The van der Waals surface area contributed by atoms with Crippen LogP contribution in [0.25, 0.3) is 0 Å². The van der Waals surface area contributed by atoms with Crippen LogP contribution in [0.1, 0.15) is 31.7 Å². The van der Waals surface area contributed by atoms with Crippen LogP contribution in [0.5, 0.6) is 11.5 Å². The van der Waals surface area contributed by atoms with Crippen molar-refractivity contribution in [3.8, 4) is 11.5 Å². The Hall–Kier alpha value is -2.53. The largest absolute Gasteiger partial charge is 0.495 e. The molecule has 1 N–H and O–H groups in total. The predicted octanol–water partition coefficient (Wildman–Crippen LogP) is 4.33. The first-order valence-electron chi connectivity index (χ1n) is 10.5. The van der Waals surface area contributed by atoms with Crippen molar-refractivity contribution >= 4 is 11.6 Å². The summed E-state index contributed by atoms with van der Waals surface area (Å²) in [5, 5.41) is 3.07. The summed E-state index contributed by atoms with van der Waals surface area (Å²) in [5.41, 5.74) is 2.18. The van der Waals surface area contributed by atoms with E-state index >= 15 is 0 Å². The van der Waals surface area contributed by atoms with Crippen molar-refractivity contribution in [2.45, 2.75) is 32.7 Å². The second-order valence-electron chi connectivity index (χ2n) is 8.13. The fraction of sp³-hybridized carbons (Fsp3) is 0.458. The first-order valence-corrected chi connectivity index (χ1v) is 10.5. The fourth-order valence-corrected chi connectivity index (χ4v) is 4.57. The number of hydrogen-bond donors (Lipinski definition) is 1. The smallest absolute Gasteiger partial charge is 0.228 e. The average molecular weight is 395 g/mol. The van der Waals surface area contributed by atoms with Crippen molar-refractivity contribution in [3.63, 3.8) is 0 Å². The molecule has 1 heterocycles. The summed E-state index contributed by atoms with van der Waals surface area (Å²) in [6.07, 6.45) is 3.15. The van der Waals surface area contributed by atoms with Crippen molar-refractivity contribution in [3.05, 3.63) is 54.1 Å². The number of ether oxygens (including phenoxy) is 2. The Kier molecular flexibility index (Phi) is 5.76. The van der Waals surface area contributed by atoms with Gasteiger partial charge in [0, 0.05) is 18.0 Å². The molecule has 5 nitrogen and oxygen atoms in total. The fourth-order valence-electron chi connectivity index (χ4n) is 4.57. The van der Waals surface area contributed by atoms with Crippen molar-refractivity contribution in [1.82, 2.24) is 4.90 Å². The average Bonchev–Trinajstić information content (AvgIpc) is 3.45. The highest BCUT2D eigenvalue weighted by atomic mass is 16.5. The van der Waals surface area contributed by atoms with Crippen LogP contribution < -0.4 is 14.8 Å². The first kappa shape index (κ1) is 19.8. The second-order valence-corrected chi connectivity index (χ2v) is 8.13. The van der Waals surface area contributed by atoms with Gasteiger partial charge in [0.25, 0.3) is 0 Å². The van der Waals surface area contributed by atoms with Crippen molar-refractivity contribution in [2.24, 2.45) is 11.3 Å². The van der Waals surface area contributed by atoms with E-state index in [1.54, 1.807) is 7.11 Å². The Morgan fingerprint density at radius 2 is 1.79 bits per heavy atom. The normalized spacial score (nSPS) is 20.3. The van der Waals surface area contributed by atoms with Crippen LogP contribution in [0, 0.1) is 11.3 Å². The van der Waals surface area contributed by atoms with Crippen molar-refractivity contribution in [2.75, 3.05) is 32.1 Å². The second kappa shape index (κ2) is 8.46. The van der Waals surface area contributed by atoms with Gasteiger partial charge in [0.05, 0.1) is 19.4 Å². The number of para-hydroxylation sites is 3. The lowest BCUT2D eigenvalue weighted by molar-refractivity contribution is -0.118. The lowest BCUT2D eigenvalue weighted by atomic mass is 9.90. The Morgan fingerprint density at radius 3 is 2.52 bits per heavy atom. The summed E-state index contributed by atoms with van der Waals surface area (Å²) >= 11 is 0. The number of amides is 1. The number of anilines is 1. The van der Waals surface area contributed by atoms with Gasteiger partial charge in [0.1, 0.15) is 11.5 Å². The summed E-state index contributed by atoms with van der Waals surface area (Å²) in [5.74, 6) is 1.93. The third-order valence-corrected chi connectivity index (χ3v) is 6.39. The molecule has 1 spiro atoms. The predicted molar refractivity (Wildman–Crippen MR) is 114 cm³/mol. The molecular formula is C24H30N2O3. The Balaban J connectivity index is 1.32. The number of benzene rings is 2. The molecule has 1 atom stereocenters. The molecule has 2 aromatic carbocycles. The van der Waals surface area contributed by atoms with Gasteiger partial charge in [-0.15, -0.1) is 0 Å². The molecule has 1 aliphatic heterocycles. The molecule has 2 aromatic rings. The minimum absolute atomic E-state index is 0.116. The lowest BCUT2D eigenvalue weighted by Gasteiger charge is -2.33. The van der Waals surface area contributed by atoms with Crippen LogP contribution >= 0.6 is 0 Å². The van der Waals surface area contributed by atoms with Crippen LogP contribution in [-0.2, 0) is 11.3 Å². The number of carbonyl (C=O) groups is 1. The Labute approximate surface area is 173 Å². The summed E-state index contributed by atoms with van der Waals surface area (Å²) in [4.78, 5) is 15.3. The summed E-state index contributed by atoms with van der Waals surface area (Å²) in [6.45, 7) is 5.66. The molecule has 1 unspecified atom stereocenters. The number of nitrogens with zero attached hydrogens (tertiary/aromatic N) is 1. The van der Waals surface area contributed by atoms with Crippen LogP contribution in [0.15, 0.2) is 48.5 Å². The maximum Gasteiger partial charge on any atom is 0.228 e. The molecule has 1 aliphatic carbocycles. The molecule has 4 rings (SSSR count). The van der Waals surface area contributed by atoms with Crippen LogP contribution in [-0.4, -0.2) is 37.6 Å². The van der Waals surface area contributed by atoms with E-state index in [0.29, 0.717) is 12.4 Å². The highest BCUT2D eigenvalue weighted by Gasteiger charge is 2.58. The SMILES string of the molecule is CCOc1ccccc1CN1CCC2(CC1)CC2C(=O)Nc1ccccc1OC. The quantitative estimate of drug-likeness (QED) is 0.759. The van der Waals surface area contributed by atoms with Crippen LogP contribution in [0.2, 0.25) is 0 Å². The van der Waals surface area contributed by atoms with Gasteiger partial charge in [-0.25, -0.2) is 0 Å². The number of methoxy groups -OCH3 is 1. The highest BCUT2D eigenvalue weighted by Crippen LogP contribution is 2.59. The van der Waals surface area contributed by atoms with Gasteiger partial charge < -0.3 is 14.8 Å². The molecule has 1 saturated carbocycles. The molecule has 0 aromatic heterocycles. The molecule has 29 heavy (non-hydrogen) atoms. The lowest BCUT2D eigenvalue weighted by Crippen LogP contribution is -2.36. The highest BCUT2D eigenvalue weighted by molar-refractivity contribution is 5.96. The van der Waals surface area contributed by atoms with Gasteiger partial charge in [-0.05, 0) is 62.9 Å². The molecule has 1 amide bonds. The number of piperidine rings is 1. The van der Waals surface area contributed by atoms with Gasteiger partial charge in [-0.1, -0.05) is 30.3 Å². The standard InChI is InChI=1S/C24H30N2O3/c1-3-29-21-10-6-4-8-18(21)17-26-14-12-24(13-15-26)16-19(24)23(27)25-20-9-5-7-11-22(20)28-2/h4-11,19H,3,12-17H2,1-2H3,(H,25,27). The molecule has 0 radical (unpaired) electrons. The van der Waals surface area contributed by atoms with Gasteiger partial charge in [-0.2, -0.15) is 0 Å². The Bertz CT molecular complexity index is 859. The number of likely N-dealkylation sites (tertiary alicyclic amines) is 1. The summed E-state index contributed by atoms with van der Waals surface area (Å²) in [7, 11) is 1.63. The number of hydrogen-bond acceptors (Lipinski definition) is 4. The number of nitrogens with one attached hydrogen (secondary N) is 1. The van der Waals surface area contributed by atoms with Crippen LogP contribution in [0.4, 0.5) is 5.69 Å². The Morgan fingerprint density at radius 1 is 1.10 bits per heavy atom. The molecule has 2 fully saturated rings. The molecule has 2 aliphatic rings. The van der Waals surface area contributed by atoms with Gasteiger partial charge in [-0.3, -0.25) is 9.69 Å². The topological polar surface area (TPSA) is 50.8 Å². The van der Waals surface area contributed by atoms with E-state index in [2.05, 4.69) is 22.3 Å². The van der Waals surface area contributed by atoms with E-state index in [9.17, 15) is 4.79 Å². The molecule has 5 heteroatoms. The van der Waals surface area contributed by atoms with E-state index in [-0.39, 0.29) is 17.2 Å².